The molecule has 1 heterocycles. The van der Waals surface area contributed by atoms with E-state index in [0.29, 0.717) is 0 Å². The topological polar surface area (TPSA) is 68.3 Å². The van der Waals surface area contributed by atoms with Crippen LogP contribution >= 0.6 is 11.8 Å². The van der Waals surface area contributed by atoms with Gasteiger partial charge in [0.25, 0.3) is 0 Å². The molecule has 0 atom stereocenters. The Morgan fingerprint density at radius 2 is 1.27 bits per heavy atom. The van der Waals surface area contributed by atoms with Crippen LogP contribution in [0.4, 0.5) is 0 Å². The Morgan fingerprint density at radius 3 is 1.55 bits per heavy atom. The summed E-state index contributed by atoms with van der Waals surface area (Å²) in [6.07, 6.45) is 0. The molecule has 0 aliphatic carbocycles. The number of rotatable bonds is 0. The molecule has 0 spiro atoms. The van der Waals surface area contributed by atoms with E-state index in [9.17, 15) is 16.8 Å². The normalized spacial score (nSPS) is 17.1. The van der Waals surface area contributed by atoms with Crippen molar-refractivity contribution in [2.75, 3.05) is 11.5 Å². The van der Waals surface area contributed by atoms with Gasteiger partial charge in [-0.15, -0.1) is 0 Å². The van der Waals surface area contributed by atoms with Gasteiger partial charge in [-0.25, -0.2) is 0 Å². The van der Waals surface area contributed by atoms with E-state index in [4.69, 9.17) is 0 Å². The minimum Gasteiger partial charge on any atom is -0.184 e. The standard InChI is InChI=1S/C4H4O4S3/c5-10(6)3-1-9-2-4(3)11(7)8/h1-2H2. The van der Waals surface area contributed by atoms with E-state index in [1.165, 1.54) is 11.8 Å². The molecule has 1 aliphatic rings. The van der Waals surface area contributed by atoms with Crippen LogP contribution in [0.15, 0.2) is 0 Å². The summed E-state index contributed by atoms with van der Waals surface area (Å²) < 4.78 is 41.5. The SMILES string of the molecule is O=S(=O)=C1CSCC1=S(=O)=O. The van der Waals surface area contributed by atoms with Crippen molar-refractivity contribution in [2.45, 2.75) is 0 Å². The molecule has 0 radical (unpaired) electrons. The fourth-order valence-corrected chi connectivity index (χ4v) is 3.88. The van der Waals surface area contributed by atoms with Gasteiger partial charge in [0.2, 0.25) is 20.6 Å². The van der Waals surface area contributed by atoms with Crippen molar-refractivity contribution in [3.63, 3.8) is 0 Å². The zero-order valence-electron chi connectivity index (χ0n) is 5.27. The molecule has 0 aromatic heterocycles. The van der Waals surface area contributed by atoms with Crippen LogP contribution in [0, 0.1) is 0 Å². The lowest BCUT2D eigenvalue weighted by molar-refractivity contribution is 0.625. The van der Waals surface area contributed by atoms with Crippen molar-refractivity contribution >= 4 is 42.1 Å². The summed E-state index contributed by atoms with van der Waals surface area (Å²) in [5, 5.41) is 0. The third-order valence-corrected chi connectivity index (χ3v) is 4.25. The summed E-state index contributed by atoms with van der Waals surface area (Å²) in [4.78, 5) is 0.0340. The molecular formula is C4H4O4S3. The summed E-state index contributed by atoms with van der Waals surface area (Å²) in [5.74, 6) is 0.554. The highest BCUT2D eigenvalue weighted by molar-refractivity contribution is 8.05. The Morgan fingerprint density at radius 1 is 0.909 bits per heavy atom. The van der Waals surface area contributed by atoms with Crippen LogP contribution in [-0.4, -0.2) is 38.1 Å². The smallest absolute Gasteiger partial charge is 0.184 e. The van der Waals surface area contributed by atoms with Gasteiger partial charge in [-0.2, -0.15) is 28.6 Å². The van der Waals surface area contributed by atoms with Crippen molar-refractivity contribution in [3.8, 4) is 0 Å². The van der Waals surface area contributed by atoms with Crippen molar-refractivity contribution in [1.82, 2.24) is 0 Å². The van der Waals surface area contributed by atoms with Gasteiger partial charge in [0, 0.05) is 11.5 Å². The number of hydrogen-bond acceptors (Lipinski definition) is 5. The van der Waals surface area contributed by atoms with Crippen LogP contribution in [0.1, 0.15) is 0 Å². The van der Waals surface area contributed by atoms with E-state index in [2.05, 4.69) is 0 Å². The van der Waals surface area contributed by atoms with Gasteiger partial charge in [-0.1, -0.05) is 0 Å². The summed E-state index contributed by atoms with van der Waals surface area (Å²) in [7, 11) is -4.75. The first-order valence-corrected chi connectivity index (χ1v) is 5.91. The first kappa shape index (κ1) is 8.82. The number of hydrogen-bond donors (Lipinski definition) is 0. The van der Waals surface area contributed by atoms with Gasteiger partial charge >= 0.3 is 0 Å². The Hall–Kier alpha value is -0.270. The van der Waals surface area contributed by atoms with E-state index in [0.717, 1.165) is 0 Å². The molecule has 1 rings (SSSR count). The molecule has 0 bridgehead atoms. The van der Waals surface area contributed by atoms with E-state index in [1.54, 1.807) is 0 Å². The maximum absolute atomic E-state index is 10.4. The van der Waals surface area contributed by atoms with E-state index in [1.807, 2.05) is 0 Å². The summed E-state index contributed by atoms with van der Waals surface area (Å²) in [5.41, 5.74) is 0. The second kappa shape index (κ2) is 3.42. The predicted octanol–water partition coefficient (Wildman–Crippen LogP) is -1.16. The summed E-state index contributed by atoms with van der Waals surface area (Å²) >= 11 is 1.29. The van der Waals surface area contributed by atoms with Gasteiger partial charge < -0.3 is 0 Å². The Kier molecular flexibility index (Phi) is 2.74. The van der Waals surface area contributed by atoms with Crippen LogP contribution in [0.3, 0.4) is 0 Å². The minimum absolute atomic E-state index is 0.0170. The van der Waals surface area contributed by atoms with Gasteiger partial charge in [0.05, 0.1) is 0 Å². The van der Waals surface area contributed by atoms with E-state index in [-0.39, 0.29) is 21.2 Å². The molecule has 0 saturated carbocycles. The van der Waals surface area contributed by atoms with E-state index < -0.39 is 20.6 Å². The maximum atomic E-state index is 10.4. The van der Waals surface area contributed by atoms with E-state index >= 15 is 0 Å². The number of thioether (sulfide) groups is 1. The molecular weight excluding hydrogens is 208 g/mol. The van der Waals surface area contributed by atoms with Crippen molar-refractivity contribution < 1.29 is 16.8 Å². The fraction of sp³-hybridized carbons (Fsp3) is 0.500. The lowest BCUT2D eigenvalue weighted by Crippen LogP contribution is -2.12. The van der Waals surface area contributed by atoms with Crippen molar-refractivity contribution in [3.05, 3.63) is 0 Å². The molecule has 0 aromatic carbocycles. The molecule has 0 N–H and O–H groups in total. The first-order valence-electron chi connectivity index (χ1n) is 2.61. The highest BCUT2D eigenvalue weighted by Gasteiger charge is 2.20. The average molecular weight is 212 g/mol. The molecule has 1 saturated heterocycles. The Balaban J connectivity index is 3.47. The monoisotopic (exact) mass is 212 g/mol. The minimum atomic E-state index is -2.38. The van der Waals surface area contributed by atoms with Gasteiger partial charge in [0.1, 0.15) is 9.73 Å². The highest BCUT2D eigenvalue weighted by Crippen LogP contribution is 2.10. The van der Waals surface area contributed by atoms with Crippen LogP contribution in [0.5, 0.6) is 0 Å². The average Bonchev–Trinajstić information content (AvgIpc) is 2.32. The lowest BCUT2D eigenvalue weighted by Gasteiger charge is -1.80. The quantitative estimate of drug-likeness (QED) is 0.474. The van der Waals surface area contributed by atoms with Gasteiger partial charge in [-0.05, 0) is 0 Å². The maximum Gasteiger partial charge on any atom is 0.219 e. The second-order valence-corrected chi connectivity index (χ2v) is 4.72. The third kappa shape index (κ3) is 1.85. The van der Waals surface area contributed by atoms with Crippen LogP contribution in [-0.2, 0) is 20.6 Å². The summed E-state index contributed by atoms with van der Waals surface area (Å²) in [6.45, 7) is 0. The van der Waals surface area contributed by atoms with Gasteiger partial charge in [-0.3, -0.25) is 0 Å². The molecule has 4 nitrogen and oxygen atoms in total. The van der Waals surface area contributed by atoms with Gasteiger partial charge in [0.15, 0.2) is 0 Å². The molecule has 0 aromatic rings. The zero-order chi connectivity index (χ0) is 8.43. The summed E-state index contributed by atoms with van der Waals surface area (Å²) in [6, 6.07) is 0. The molecule has 7 heteroatoms. The first-order chi connectivity index (χ1) is 5.13. The largest absolute Gasteiger partial charge is 0.219 e. The molecule has 1 aliphatic heterocycles. The van der Waals surface area contributed by atoms with Crippen molar-refractivity contribution in [1.29, 1.82) is 0 Å². The van der Waals surface area contributed by atoms with Crippen LogP contribution < -0.4 is 0 Å². The van der Waals surface area contributed by atoms with Crippen LogP contribution in [0.25, 0.3) is 0 Å². The second-order valence-electron chi connectivity index (χ2n) is 1.81. The molecule has 62 valence electrons. The van der Waals surface area contributed by atoms with Crippen molar-refractivity contribution in [2.24, 2.45) is 0 Å². The van der Waals surface area contributed by atoms with Crippen LogP contribution in [0.2, 0.25) is 0 Å². The lowest BCUT2D eigenvalue weighted by atomic mass is 10.4. The highest BCUT2D eigenvalue weighted by atomic mass is 32.2. The molecule has 11 heavy (non-hydrogen) atoms. The Bertz CT molecular complexity index is 366. The molecule has 0 amide bonds. The zero-order valence-corrected chi connectivity index (χ0v) is 7.72. The third-order valence-electron chi connectivity index (χ3n) is 1.18. The molecule has 1 fully saturated rings. The Labute approximate surface area is 70.7 Å². The predicted molar refractivity (Wildman–Crippen MR) is 45.2 cm³/mol. The molecule has 0 unspecified atom stereocenters. The fourth-order valence-electron chi connectivity index (χ4n) is 0.680.